The molecule has 1 nitrogen and oxygen atoms in total. The Morgan fingerprint density at radius 2 is 1.72 bits per heavy atom. The van der Waals surface area contributed by atoms with E-state index in [1.54, 1.807) is 0 Å². The number of halogens is 1. The lowest BCUT2D eigenvalue weighted by Gasteiger charge is -2.45. The Hall–Kier alpha value is -0.790. The van der Waals surface area contributed by atoms with Gasteiger partial charge in [-0.05, 0) is 90.8 Å². The van der Waals surface area contributed by atoms with E-state index in [4.69, 9.17) is 17.3 Å². The fraction of sp³-hybridized carbons (Fsp3) is 0.704. The van der Waals surface area contributed by atoms with Crippen LogP contribution in [0, 0.1) is 22.7 Å². The molecule has 2 aliphatic carbocycles. The molecule has 0 amide bonds. The normalized spacial score (nSPS) is 23.7. The van der Waals surface area contributed by atoms with E-state index in [9.17, 15) is 0 Å². The average Bonchev–Trinajstić information content (AvgIpc) is 2.60. The first-order valence-electron chi connectivity index (χ1n) is 11.8. The van der Waals surface area contributed by atoms with Crippen LogP contribution in [0.1, 0.15) is 96.1 Å². The highest BCUT2D eigenvalue weighted by atomic mass is 35.5. The first kappa shape index (κ1) is 22.9. The molecule has 2 aliphatic rings. The fourth-order valence-corrected chi connectivity index (χ4v) is 7.06. The largest absolute Gasteiger partial charge is 0.330 e. The Morgan fingerprint density at radius 1 is 1.10 bits per heavy atom. The van der Waals surface area contributed by atoms with Crippen molar-refractivity contribution in [2.24, 2.45) is 28.4 Å². The topological polar surface area (TPSA) is 26.0 Å². The summed E-state index contributed by atoms with van der Waals surface area (Å²) in [5.74, 6) is 1.73. The summed E-state index contributed by atoms with van der Waals surface area (Å²) in [7, 11) is 0. The van der Waals surface area contributed by atoms with Gasteiger partial charge in [0.25, 0.3) is 0 Å². The van der Waals surface area contributed by atoms with E-state index in [-0.39, 0.29) is 0 Å². The predicted molar refractivity (Wildman–Crippen MR) is 128 cm³/mol. The molecule has 2 fully saturated rings. The summed E-state index contributed by atoms with van der Waals surface area (Å²) in [4.78, 5) is 0. The first-order valence-corrected chi connectivity index (χ1v) is 12.1. The van der Waals surface area contributed by atoms with Crippen molar-refractivity contribution in [3.05, 3.63) is 46.5 Å². The minimum atomic E-state index is 0.372. The van der Waals surface area contributed by atoms with Gasteiger partial charge < -0.3 is 5.73 Å². The molecular weight excluding hydrogens is 374 g/mol. The number of hydrogen-bond donors (Lipinski definition) is 1. The molecule has 0 spiro atoms. The highest BCUT2D eigenvalue weighted by Gasteiger charge is 2.39. The van der Waals surface area contributed by atoms with Gasteiger partial charge in [0.2, 0.25) is 0 Å². The molecule has 0 heterocycles. The van der Waals surface area contributed by atoms with E-state index in [0.29, 0.717) is 22.7 Å². The molecule has 1 unspecified atom stereocenters. The van der Waals surface area contributed by atoms with Crippen LogP contribution in [0.15, 0.2) is 30.4 Å². The van der Waals surface area contributed by atoms with Crippen LogP contribution in [0.3, 0.4) is 0 Å². The van der Waals surface area contributed by atoms with E-state index in [0.717, 1.165) is 23.9 Å². The van der Waals surface area contributed by atoms with Crippen molar-refractivity contribution < 1.29 is 0 Å². The maximum atomic E-state index is 6.84. The van der Waals surface area contributed by atoms with Gasteiger partial charge in [-0.3, -0.25) is 0 Å². The molecule has 29 heavy (non-hydrogen) atoms. The zero-order chi connectivity index (χ0) is 21.2. The molecule has 3 rings (SSSR count). The summed E-state index contributed by atoms with van der Waals surface area (Å²) >= 11 is 6.84. The van der Waals surface area contributed by atoms with Gasteiger partial charge in [-0.15, -0.1) is 0 Å². The Labute approximate surface area is 184 Å². The average molecular weight is 416 g/mol. The van der Waals surface area contributed by atoms with Crippen LogP contribution >= 0.6 is 11.6 Å². The summed E-state index contributed by atoms with van der Waals surface area (Å²) in [5, 5.41) is 0.941. The Balaban J connectivity index is 1.71. The lowest BCUT2D eigenvalue weighted by Crippen LogP contribution is -2.33. The van der Waals surface area contributed by atoms with Gasteiger partial charge in [0.1, 0.15) is 0 Å². The van der Waals surface area contributed by atoms with Crippen LogP contribution < -0.4 is 5.73 Å². The summed E-state index contributed by atoms with van der Waals surface area (Å²) in [6.45, 7) is 14.8. The predicted octanol–water partition coefficient (Wildman–Crippen LogP) is 7.91. The van der Waals surface area contributed by atoms with Crippen LogP contribution in [0.25, 0.3) is 0 Å². The number of nitrogens with two attached hydrogens (primary N) is 1. The molecule has 2 heteroatoms. The smallest absolute Gasteiger partial charge is 0.0443 e. The number of hydrogen-bond acceptors (Lipinski definition) is 1. The molecule has 0 aliphatic heterocycles. The minimum Gasteiger partial charge on any atom is -0.330 e. The second-order valence-electron chi connectivity index (χ2n) is 11.5. The number of benzene rings is 1. The zero-order valence-corrected chi connectivity index (χ0v) is 20.0. The van der Waals surface area contributed by atoms with Crippen molar-refractivity contribution in [1.29, 1.82) is 0 Å². The van der Waals surface area contributed by atoms with E-state index in [1.165, 1.54) is 68.1 Å². The molecule has 2 saturated carbocycles. The fourth-order valence-electron chi connectivity index (χ4n) is 6.70. The van der Waals surface area contributed by atoms with Crippen molar-refractivity contribution in [3.8, 4) is 0 Å². The molecule has 0 bridgehead atoms. The molecule has 0 aromatic heterocycles. The summed E-state index contributed by atoms with van der Waals surface area (Å²) in [6.07, 6.45) is 11.3. The van der Waals surface area contributed by atoms with Gasteiger partial charge in [0, 0.05) is 5.02 Å². The second kappa shape index (κ2) is 9.15. The maximum absolute atomic E-state index is 6.84. The van der Waals surface area contributed by atoms with Crippen molar-refractivity contribution in [2.75, 3.05) is 6.54 Å². The minimum absolute atomic E-state index is 0.372. The Bertz CT molecular complexity index is 695. The van der Waals surface area contributed by atoms with Gasteiger partial charge in [-0.25, -0.2) is 0 Å². The Kier molecular flexibility index (Phi) is 7.22. The summed E-state index contributed by atoms with van der Waals surface area (Å²) in [6, 6.07) is 6.78. The molecule has 1 atom stereocenters. The Morgan fingerprint density at radius 3 is 2.28 bits per heavy atom. The maximum Gasteiger partial charge on any atom is 0.0443 e. The van der Waals surface area contributed by atoms with Gasteiger partial charge in [0.15, 0.2) is 0 Å². The van der Waals surface area contributed by atoms with Gasteiger partial charge in [-0.2, -0.15) is 0 Å². The monoisotopic (exact) mass is 415 g/mol. The van der Waals surface area contributed by atoms with Gasteiger partial charge >= 0.3 is 0 Å². The van der Waals surface area contributed by atoms with E-state index in [1.807, 2.05) is 0 Å². The molecule has 1 aromatic carbocycles. The third-order valence-corrected chi connectivity index (χ3v) is 7.82. The summed E-state index contributed by atoms with van der Waals surface area (Å²) < 4.78 is 0. The number of rotatable bonds is 6. The second-order valence-corrected chi connectivity index (χ2v) is 11.9. The highest BCUT2D eigenvalue weighted by Crippen LogP contribution is 2.52. The van der Waals surface area contributed by atoms with E-state index in [2.05, 4.69) is 52.5 Å². The molecule has 0 radical (unpaired) electrons. The molecule has 1 aromatic rings. The van der Waals surface area contributed by atoms with Crippen molar-refractivity contribution in [2.45, 2.75) is 91.4 Å². The SMILES string of the molecule is C=C(Cc1ccc(C2CC(C)(C)CC(C)(C)C2)c(Cl)c1)C(CN)C1CCCCC1. The van der Waals surface area contributed by atoms with Crippen LogP contribution in [0.4, 0.5) is 0 Å². The standard InChI is InChI=1S/C27H42ClN/c1-19(24(17-29)21-9-7-6-8-10-21)13-20-11-12-23(25(28)14-20)22-15-26(2,3)18-27(4,5)16-22/h11-12,14,21-22,24H,1,6-10,13,15-18,29H2,2-5H3. The molecule has 162 valence electrons. The molecule has 0 saturated heterocycles. The van der Waals surface area contributed by atoms with Gasteiger partial charge in [0.05, 0.1) is 0 Å². The van der Waals surface area contributed by atoms with E-state index >= 15 is 0 Å². The third-order valence-electron chi connectivity index (χ3n) is 7.49. The van der Waals surface area contributed by atoms with Crippen molar-refractivity contribution in [3.63, 3.8) is 0 Å². The van der Waals surface area contributed by atoms with Crippen LogP contribution in [-0.4, -0.2) is 6.54 Å². The van der Waals surface area contributed by atoms with Crippen molar-refractivity contribution >= 4 is 11.6 Å². The lowest BCUT2D eigenvalue weighted by molar-refractivity contribution is 0.0969. The van der Waals surface area contributed by atoms with Crippen LogP contribution in [0.5, 0.6) is 0 Å². The zero-order valence-electron chi connectivity index (χ0n) is 19.2. The van der Waals surface area contributed by atoms with Crippen LogP contribution in [-0.2, 0) is 6.42 Å². The first-order chi connectivity index (χ1) is 13.6. The quantitative estimate of drug-likeness (QED) is 0.469. The molecular formula is C27H42ClN. The van der Waals surface area contributed by atoms with Gasteiger partial charge in [-0.1, -0.05) is 82.8 Å². The van der Waals surface area contributed by atoms with Crippen molar-refractivity contribution in [1.82, 2.24) is 0 Å². The highest BCUT2D eigenvalue weighted by molar-refractivity contribution is 6.31. The third kappa shape index (κ3) is 5.88. The summed E-state index contributed by atoms with van der Waals surface area (Å²) in [5.41, 5.74) is 10.8. The lowest BCUT2D eigenvalue weighted by atomic mass is 9.60. The van der Waals surface area contributed by atoms with E-state index < -0.39 is 0 Å². The van der Waals surface area contributed by atoms with Crippen LogP contribution in [0.2, 0.25) is 5.02 Å². The molecule has 2 N–H and O–H groups in total.